The van der Waals surface area contributed by atoms with Crippen LogP contribution < -0.4 is 10.3 Å². The van der Waals surface area contributed by atoms with Crippen molar-refractivity contribution in [1.29, 1.82) is 0 Å². The molecule has 5 rings (SSSR count). The summed E-state index contributed by atoms with van der Waals surface area (Å²) in [4.78, 5) is 18.4. The van der Waals surface area contributed by atoms with E-state index in [1.54, 1.807) is 16.7 Å². The number of aromatic nitrogens is 6. The Bertz CT molecular complexity index is 1590. The van der Waals surface area contributed by atoms with Crippen LogP contribution in [0.5, 0.6) is 5.75 Å². The van der Waals surface area contributed by atoms with Crippen LogP contribution in [0.1, 0.15) is 54.2 Å². The lowest BCUT2D eigenvalue weighted by molar-refractivity contribution is 0.237. The Labute approximate surface area is 224 Å². The number of nitrogens with one attached hydrogen (secondary N) is 1. The highest BCUT2D eigenvalue weighted by Crippen LogP contribution is 2.31. The Kier molecular flexibility index (Phi) is 7.76. The van der Waals surface area contributed by atoms with Gasteiger partial charge in [0.15, 0.2) is 6.10 Å². The van der Waals surface area contributed by atoms with Crippen molar-refractivity contribution in [3.05, 3.63) is 110 Å². The van der Waals surface area contributed by atoms with E-state index in [-0.39, 0.29) is 12.2 Å². The zero-order valence-electron chi connectivity index (χ0n) is 20.8. The van der Waals surface area contributed by atoms with E-state index < -0.39 is 6.10 Å². The number of unbranched alkanes of at least 4 members (excludes halogenated alkanes) is 1. The number of tetrazole rings is 1. The lowest BCUT2D eigenvalue weighted by Crippen LogP contribution is -2.27. The Morgan fingerprint density at radius 2 is 1.89 bits per heavy atom. The minimum atomic E-state index is -0.654. The van der Waals surface area contributed by atoms with Crippen molar-refractivity contribution in [2.75, 3.05) is 0 Å². The van der Waals surface area contributed by atoms with Gasteiger partial charge in [-0.05, 0) is 41.8 Å². The molecule has 2 N–H and O–H groups in total. The molecule has 0 spiro atoms. The first-order chi connectivity index (χ1) is 18.6. The summed E-state index contributed by atoms with van der Waals surface area (Å²) in [6.07, 6.45) is 1.95. The van der Waals surface area contributed by atoms with Crippen molar-refractivity contribution >= 4 is 22.5 Å². The lowest BCUT2D eigenvalue weighted by Gasteiger charge is -2.18. The molecule has 0 aliphatic carbocycles. The van der Waals surface area contributed by atoms with Crippen molar-refractivity contribution in [1.82, 2.24) is 30.2 Å². The molecule has 0 fully saturated rings. The quantitative estimate of drug-likeness (QED) is 0.270. The van der Waals surface area contributed by atoms with Gasteiger partial charge in [0.25, 0.3) is 5.56 Å². The number of fused-ring (bicyclic) bond motifs is 1. The Hall–Kier alpha value is -4.08. The Balaban J connectivity index is 1.45. The molecule has 9 nitrogen and oxygen atoms in total. The number of rotatable bonds is 10. The maximum absolute atomic E-state index is 13.6. The SMILES string of the molecule is CCCCc1nc2cccc(CO)c2c(=O)n1Cc1ccc(OC(c2nn[nH]n2)c2ccccc2Cl)cc1. The van der Waals surface area contributed by atoms with Gasteiger partial charge in [0.05, 0.1) is 24.1 Å². The summed E-state index contributed by atoms with van der Waals surface area (Å²) in [5, 5.41) is 25.1. The van der Waals surface area contributed by atoms with Gasteiger partial charge in [-0.15, -0.1) is 10.2 Å². The summed E-state index contributed by atoms with van der Waals surface area (Å²) < 4.78 is 7.95. The smallest absolute Gasteiger partial charge is 0.262 e. The van der Waals surface area contributed by atoms with E-state index in [2.05, 4.69) is 27.5 Å². The third-order valence-electron chi connectivity index (χ3n) is 6.38. The number of benzene rings is 3. The topological polar surface area (TPSA) is 119 Å². The molecule has 1 atom stereocenters. The van der Waals surface area contributed by atoms with E-state index in [1.807, 2.05) is 54.6 Å². The molecule has 5 aromatic rings. The lowest BCUT2D eigenvalue weighted by atomic mass is 10.1. The van der Waals surface area contributed by atoms with Crippen molar-refractivity contribution in [2.45, 2.75) is 45.4 Å². The van der Waals surface area contributed by atoms with E-state index in [9.17, 15) is 9.90 Å². The first-order valence-electron chi connectivity index (χ1n) is 12.4. The summed E-state index contributed by atoms with van der Waals surface area (Å²) in [5.41, 5.74) is 2.66. The Morgan fingerprint density at radius 3 is 2.61 bits per heavy atom. The molecule has 10 heteroatoms. The summed E-state index contributed by atoms with van der Waals surface area (Å²) in [6, 6.07) is 20.2. The number of aryl methyl sites for hydroxylation is 1. The van der Waals surface area contributed by atoms with Crippen LogP contribution in [0.2, 0.25) is 5.02 Å². The largest absolute Gasteiger partial charge is 0.477 e. The highest BCUT2D eigenvalue weighted by molar-refractivity contribution is 6.31. The second kappa shape index (κ2) is 11.5. The van der Waals surface area contributed by atoms with Crippen LogP contribution in [0.15, 0.2) is 71.5 Å². The average Bonchev–Trinajstić information content (AvgIpc) is 3.48. The summed E-state index contributed by atoms with van der Waals surface area (Å²) in [5.74, 6) is 1.67. The normalized spacial score (nSPS) is 12.1. The number of nitrogens with zero attached hydrogens (tertiary/aromatic N) is 5. The average molecular weight is 531 g/mol. The third kappa shape index (κ3) is 5.29. The molecule has 0 aliphatic heterocycles. The van der Waals surface area contributed by atoms with Gasteiger partial charge in [-0.2, -0.15) is 5.21 Å². The maximum Gasteiger partial charge on any atom is 0.262 e. The molecule has 3 aromatic carbocycles. The molecule has 0 aliphatic rings. The van der Waals surface area contributed by atoms with Gasteiger partial charge in [-0.1, -0.05) is 72.6 Å². The second-order valence-corrected chi connectivity index (χ2v) is 9.33. The molecule has 0 radical (unpaired) electrons. The summed E-state index contributed by atoms with van der Waals surface area (Å²) >= 11 is 6.43. The van der Waals surface area contributed by atoms with E-state index in [0.29, 0.717) is 51.6 Å². The fourth-order valence-electron chi connectivity index (χ4n) is 4.41. The predicted octanol–water partition coefficient (Wildman–Crippen LogP) is 4.61. The van der Waals surface area contributed by atoms with Crippen LogP contribution in [-0.4, -0.2) is 35.3 Å². The van der Waals surface area contributed by atoms with Gasteiger partial charge in [-0.25, -0.2) is 4.98 Å². The number of ether oxygens (including phenoxy) is 1. The van der Waals surface area contributed by atoms with Crippen LogP contribution in [0.4, 0.5) is 0 Å². The second-order valence-electron chi connectivity index (χ2n) is 8.93. The predicted molar refractivity (Wildman–Crippen MR) is 144 cm³/mol. The molecule has 0 saturated carbocycles. The minimum absolute atomic E-state index is 0.151. The fraction of sp³-hybridized carbons (Fsp3) is 0.250. The van der Waals surface area contributed by atoms with E-state index in [0.717, 1.165) is 24.2 Å². The van der Waals surface area contributed by atoms with Crippen molar-refractivity contribution in [3.63, 3.8) is 0 Å². The van der Waals surface area contributed by atoms with Gasteiger partial charge in [0, 0.05) is 17.0 Å². The molecule has 1 unspecified atom stereocenters. The number of H-pyrrole nitrogens is 1. The third-order valence-corrected chi connectivity index (χ3v) is 6.72. The standard InChI is InChI=1S/C28H27ClN6O3/c1-2-3-11-24-30-23-10-6-7-19(17-36)25(23)28(37)35(24)16-18-12-14-20(15-13-18)38-26(27-31-33-34-32-27)21-8-4-5-9-22(21)29/h4-10,12-15,26,36H,2-3,11,16-17H2,1H3,(H,31,32,33,34). The molecular formula is C28H27ClN6O3. The van der Waals surface area contributed by atoms with Gasteiger partial charge in [-0.3, -0.25) is 9.36 Å². The van der Waals surface area contributed by atoms with Crippen LogP contribution in [0.3, 0.4) is 0 Å². The number of halogens is 1. The minimum Gasteiger partial charge on any atom is -0.477 e. The summed E-state index contributed by atoms with van der Waals surface area (Å²) in [7, 11) is 0. The first-order valence-corrected chi connectivity index (χ1v) is 12.8. The van der Waals surface area contributed by atoms with E-state index in [1.165, 1.54) is 0 Å². The van der Waals surface area contributed by atoms with Crippen molar-refractivity contribution < 1.29 is 9.84 Å². The molecule has 2 aromatic heterocycles. The number of hydrogen-bond donors (Lipinski definition) is 2. The number of aliphatic hydroxyl groups is 1. The van der Waals surface area contributed by atoms with Crippen molar-refractivity contribution in [3.8, 4) is 5.75 Å². The molecule has 0 amide bonds. The monoisotopic (exact) mass is 530 g/mol. The van der Waals surface area contributed by atoms with Crippen LogP contribution >= 0.6 is 11.6 Å². The number of aliphatic hydroxyl groups excluding tert-OH is 1. The van der Waals surface area contributed by atoms with Gasteiger partial charge >= 0.3 is 0 Å². The van der Waals surface area contributed by atoms with Crippen molar-refractivity contribution in [2.24, 2.45) is 0 Å². The van der Waals surface area contributed by atoms with Gasteiger partial charge in [0.1, 0.15) is 11.6 Å². The van der Waals surface area contributed by atoms with Crippen LogP contribution in [0.25, 0.3) is 10.9 Å². The maximum atomic E-state index is 13.6. The first kappa shape index (κ1) is 25.6. The highest BCUT2D eigenvalue weighted by Gasteiger charge is 2.23. The van der Waals surface area contributed by atoms with Gasteiger partial charge in [0.2, 0.25) is 5.82 Å². The molecule has 38 heavy (non-hydrogen) atoms. The molecular weight excluding hydrogens is 504 g/mol. The Morgan fingerprint density at radius 1 is 1.08 bits per heavy atom. The molecule has 2 heterocycles. The summed E-state index contributed by atoms with van der Waals surface area (Å²) in [6.45, 7) is 2.23. The number of hydrogen-bond acceptors (Lipinski definition) is 7. The fourth-order valence-corrected chi connectivity index (χ4v) is 4.65. The van der Waals surface area contributed by atoms with Gasteiger partial charge < -0.3 is 9.84 Å². The highest BCUT2D eigenvalue weighted by atomic mass is 35.5. The van der Waals surface area contributed by atoms with Crippen LogP contribution in [-0.2, 0) is 19.6 Å². The van der Waals surface area contributed by atoms with E-state index in [4.69, 9.17) is 21.3 Å². The van der Waals surface area contributed by atoms with Crippen LogP contribution in [0, 0.1) is 0 Å². The zero-order chi connectivity index (χ0) is 26.5. The zero-order valence-corrected chi connectivity index (χ0v) is 21.6. The number of aromatic amines is 1. The van der Waals surface area contributed by atoms with E-state index >= 15 is 0 Å². The molecule has 194 valence electrons. The molecule has 0 bridgehead atoms. The molecule has 0 saturated heterocycles.